The number of hydrogen-bond donors (Lipinski definition) is 5. The summed E-state index contributed by atoms with van der Waals surface area (Å²) in [6.07, 6.45) is 1.31. The number of nitrogens with two attached hydrogens (primary N) is 1. The first-order chi connectivity index (χ1) is 18.8. The molecule has 0 aliphatic heterocycles. The maximum atomic E-state index is 13.9. The van der Waals surface area contributed by atoms with Crippen molar-refractivity contribution in [3.63, 3.8) is 0 Å². The highest BCUT2D eigenvalue weighted by Gasteiger charge is 2.64. The molecule has 0 unspecified atom stereocenters. The number of carbonyl (C=O) groups is 4. The van der Waals surface area contributed by atoms with Gasteiger partial charge < -0.3 is 30.9 Å². The predicted molar refractivity (Wildman–Crippen MR) is 135 cm³/mol. The van der Waals surface area contributed by atoms with E-state index in [2.05, 4.69) is 10.3 Å². The molecule has 0 bridgehead atoms. The summed E-state index contributed by atoms with van der Waals surface area (Å²) in [7, 11) is 3.05. The minimum Gasteiger partial charge on any atom is -0.508 e. The predicted octanol–water partition coefficient (Wildman–Crippen LogP) is -0.279. The molecule has 1 amide bonds. The number of fused-ring (bicyclic) bond motifs is 3. The van der Waals surface area contributed by atoms with Gasteiger partial charge in [-0.25, -0.2) is 9.48 Å². The Morgan fingerprint density at radius 3 is 2.55 bits per heavy atom. The Bertz CT molecular complexity index is 1560. The van der Waals surface area contributed by atoms with E-state index in [1.54, 1.807) is 6.92 Å². The van der Waals surface area contributed by atoms with Gasteiger partial charge in [-0.1, -0.05) is 5.21 Å². The molecule has 2 aromatic rings. The molecule has 6 N–H and O–H groups in total. The second-order valence-corrected chi connectivity index (χ2v) is 10.2. The summed E-state index contributed by atoms with van der Waals surface area (Å²) in [6, 6.07) is 1.56. The van der Waals surface area contributed by atoms with Gasteiger partial charge in [0, 0.05) is 11.5 Å². The molecule has 1 aromatic heterocycles. The number of likely N-dealkylation sites (N-methyl/N-ethyl adjacent to an activating group) is 1. The number of carbonyl (C=O) groups excluding carboxylic acids is 4. The van der Waals surface area contributed by atoms with Crippen LogP contribution in [0.5, 0.6) is 5.75 Å². The van der Waals surface area contributed by atoms with Gasteiger partial charge in [0.1, 0.15) is 22.8 Å². The highest BCUT2D eigenvalue weighted by Crippen LogP contribution is 2.53. The van der Waals surface area contributed by atoms with Crippen LogP contribution in [-0.2, 0) is 25.5 Å². The quantitative estimate of drug-likeness (QED) is 0.238. The molecule has 1 saturated carbocycles. The molecule has 1 heterocycles. The molecule has 0 saturated heterocycles. The van der Waals surface area contributed by atoms with Gasteiger partial charge in [-0.05, 0) is 57.5 Å². The fourth-order valence-electron chi connectivity index (χ4n) is 6.12. The first-order valence-electron chi connectivity index (χ1n) is 12.4. The average molecular weight is 554 g/mol. The third-order valence-corrected chi connectivity index (χ3v) is 7.80. The molecule has 0 spiro atoms. The van der Waals surface area contributed by atoms with E-state index >= 15 is 0 Å². The van der Waals surface area contributed by atoms with Gasteiger partial charge in [0.15, 0.2) is 17.1 Å². The summed E-state index contributed by atoms with van der Waals surface area (Å²) in [5.74, 6) is -8.08. The number of Topliss-reactive ketones (excluding diaryl/α,β-unsaturated/α-hetero) is 2. The van der Waals surface area contributed by atoms with Crippen LogP contribution in [0.25, 0.3) is 11.4 Å². The van der Waals surface area contributed by atoms with Gasteiger partial charge in [-0.3, -0.25) is 19.3 Å². The van der Waals surface area contributed by atoms with Crippen LogP contribution in [0, 0.1) is 11.8 Å². The molecule has 14 heteroatoms. The second-order valence-electron chi connectivity index (χ2n) is 10.2. The van der Waals surface area contributed by atoms with Crippen molar-refractivity contribution in [3.05, 3.63) is 52.1 Å². The van der Waals surface area contributed by atoms with Gasteiger partial charge in [0.05, 0.1) is 30.1 Å². The number of ether oxygens (including phenoxy) is 1. The molecule has 14 nitrogen and oxygen atoms in total. The Balaban J connectivity index is 1.68. The Labute approximate surface area is 226 Å². The Morgan fingerprint density at radius 1 is 1.23 bits per heavy atom. The normalized spacial score (nSPS) is 26.0. The minimum absolute atomic E-state index is 0.0485. The lowest BCUT2D eigenvalue weighted by atomic mass is 9.57. The van der Waals surface area contributed by atoms with Crippen LogP contribution in [0.1, 0.15) is 35.0 Å². The van der Waals surface area contributed by atoms with Crippen molar-refractivity contribution >= 4 is 29.2 Å². The van der Waals surface area contributed by atoms with E-state index in [1.807, 2.05) is 0 Å². The van der Waals surface area contributed by atoms with Crippen molar-refractivity contribution in [1.82, 2.24) is 19.9 Å². The summed E-state index contributed by atoms with van der Waals surface area (Å²) in [5, 5.41) is 52.4. The summed E-state index contributed by atoms with van der Waals surface area (Å²) in [6.45, 7) is 1.77. The lowest BCUT2D eigenvalue weighted by Crippen LogP contribution is -2.65. The van der Waals surface area contributed by atoms with E-state index in [9.17, 15) is 39.6 Å². The lowest BCUT2D eigenvalue weighted by molar-refractivity contribution is -0.153. The smallest absolute Gasteiger partial charge is 0.360 e. The number of aliphatic hydroxyl groups is 3. The number of phenolic OH excluding ortho intramolecular Hbond substituents is 1. The molecule has 5 rings (SSSR count). The Kier molecular flexibility index (Phi) is 6.27. The molecule has 0 radical (unpaired) electrons. The fourth-order valence-corrected chi connectivity index (χ4v) is 6.12. The number of nitrogens with zero attached hydrogens (tertiary/aromatic N) is 4. The molecule has 3 aliphatic rings. The third kappa shape index (κ3) is 3.63. The highest BCUT2D eigenvalue weighted by atomic mass is 16.5. The van der Waals surface area contributed by atoms with Crippen LogP contribution in [0.2, 0.25) is 0 Å². The van der Waals surface area contributed by atoms with Crippen LogP contribution in [0.4, 0.5) is 0 Å². The molecular formula is C26H27N5O9. The number of amides is 1. The first-order valence-corrected chi connectivity index (χ1v) is 12.4. The van der Waals surface area contributed by atoms with Crippen LogP contribution in [-0.4, -0.2) is 96.1 Å². The number of primary amides is 1. The largest absolute Gasteiger partial charge is 0.508 e. The minimum atomic E-state index is -2.72. The van der Waals surface area contributed by atoms with Crippen molar-refractivity contribution in [2.24, 2.45) is 17.6 Å². The number of hydrogen-bond acceptors (Lipinski definition) is 12. The Hall–Kier alpha value is -4.56. The molecular weight excluding hydrogens is 526 g/mol. The van der Waals surface area contributed by atoms with E-state index in [4.69, 9.17) is 10.5 Å². The number of rotatable bonds is 5. The van der Waals surface area contributed by atoms with Gasteiger partial charge >= 0.3 is 5.97 Å². The van der Waals surface area contributed by atoms with E-state index < -0.39 is 64.0 Å². The van der Waals surface area contributed by atoms with E-state index in [-0.39, 0.29) is 42.0 Å². The summed E-state index contributed by atoms with van der Waals surface area (Å²) in [5.41, 5.74) is 1.99. The van der Waals surface area contributed by atoms with Gasteiger partial charge in [-0.15, -0.1) is 5.10 Å². The summed E-state index contributed by atoms with van der Waals surface area (Å²) in [4.78, 5) is 52.7. The van der Waals surface area contributed by atoms with Crippen LogP contribution < -0.4 is 5.73 Å². The van der Waals surface area contributed by atoms with Gasteiger partial charge in [0.2, 0.25) is 5.78 Å². The molecule has 3 aliphatic carbocycles. The monoisotopic (exact) mass is 553 g/mol. The number of aromatic hydroxyl groups is 1. The SMILES string of the molecule is CCOC(=O)c1cn(-c2ccc(O)c3c2C[C@@H]2C[C@@H]4[C@H](N(C)C)C(=O)C(C(N)=O)=C(O)[C@]4(O)C(=O)C2=C3O)nn1. The number of benzene rings is 1. The summed E-state index contributed by atoms with van der Waals surface area (Å²) >= 11 is 0. The molecule has 1 fully saturated rings. The number of phenols is 1. The van der Waals surface area contributed by atoms with Crippen LogP contribution in [0.15, 0.2) is 35.2 Å². The highest BCUT2D eigenvalue weighted by molar-refractivity contribution is 6.24. The molecule has 40 heavy (non-hydrogen) atoms. The standard InChI is InChI=1S/C26H27N5O9/c1-4-40-25(38)13-9-31(29-28-13)14-5-6-15(32)17-11(14)7-10-8-12-19(30(2)3)21(34)18(24(27)37)23(36)26(12,39)22(35)16(10)20(17)33/h5-6,9-10,12,19,32-33,36,39H,4,7-8H2,1-3H3,(H2,27,37)/t10-,12-,19+,26-/m1/s1. The zero-order chi connectivity index (χ0) is 29.3. The average Bonchev–Trinajstić information content (AvgIpc) is 3.36. The van der Waals surface area contributed by atoms with E-state index in [1.165, 1.54) is 42.0 Å². The number of aromatic nitrogens is 3. The topological polar surface area (TPSA) is 218 Å². The number of ketones is 2. The van der Waals surface area contributed by atoms with E-state index in [0.29, 0.717) is 11.3 Å². The molecule has 210 valence electrons. The maximum absolute atomic E-state index is 13.9. The zero-order valence-corrected chi connectivity index (χ0v) is 21.8. The second kappa shape index (κ2) is 9.27. The van der Waals surface area contributed by atoms with E-state index in [0.717, 1.165) is 0 Å². The van der Waals surface area contributed by atoms with Gasteiger partial charge in [0.25, 0.3) is 5.91 Å². The van der Waals surface area contributed by atoms with Crippen LogP contribution in [0.3, 0.4) is 0 Å². The number of aliphatic hydroxyl groups excluding tert-OH is 2. The van der Waals surface area contributed by atoms with Crippen molar-refractivity contribution in [1.29, 1.82) is 0 Å². The number of esters is 1. The molecule has 4 atom stereocenters. The van der Waals surface area contributed by atoms with Crippen LogP contribution >= 0.6 is 0 Å². The third-order valence-electron chi connectivity index (χ3n) is 7.80. The first kappa shape index (κ1) is 27.0. The summed E-state index contributed by atoms with van der Waals surface area (Å²) < 4.78 is 6.22. The van der Waals surface area contributed by atoms with Gasteiger partial charge in [-0.2, -0.15) is 0 Å². The van der Waals surface area contributed by atoms with Crippen molar-refractivity contribution in [2.45, 2.75) is 31.4 Å². The fraction of sp³-hybridized carbons (Fsp3) is 0.385. The molecule has 1 aromatic carbocycles. The lowest BCUT2D eigenvalue weighted by Gasteiger charge is -2.50. The van der Waals surface area contributed by atoms with Crippen molar-refractivity contribution in [2.75, 3.05) is 20.7 Å². The zero-order valence-electron chi connectivity index (χ0n) is 21.8. The van der Waals surface area contributed by atoms with Crippen molar-refractivity contribution in [3.8, 4) is 11.4 Å². The Morgan fingerprint density at radius 2 is 1.93 bits per heavy atom. The maximum Gasteiger partial charge on any atom is 0.360 e. The van der Waals surface area contributed by atoms with Crippen molar-refractivity contribution < 1.29 is 44.3 Å².